The quantitative estimate of drug-likeness (QED) is 0.631. The molecule has 2 aromatic heterocycles. The summed E-state index contributed by atoms with van der Waals surface area (Å²) in [5.74, 6) is 0. The Labute approximate surface area is 81.1 Å². The average molecular weight is 197 g/mol. The van der Waals surface area contributed by atoms with Crippen LogP contribution in [0, 0.1) is 4.64 Å². The van der Waals surface area contributed by atoms with E-state index in [0.29, 0.717) is 0 Å². The number of aromatic nitrogens is 1. The Kier molecular flexibility index (Phi) is 3.44. The molecule has 0 radical (unpaired) electrons. The van der Waals surface area contributed by atoms with Gasteiger partial charge in [-0.2, -0.15) is 0 Å². The van der Waals surface area contributed by atoms with Crippen molar-refractivity contribution in [2.24, 2.45) is 0 Å². The zero-order valence-electron chi connectivity index (χ0n) is 7.13. The molecule has 0 saturated carbocycles. The number of pyridine rings is 1. The maximum Gasteiger partial charge on any atom is 0.121 e. The SMILES string of the molecule is CC.S=c1[nH]ccc2ccsc12. The summed E-state index contributed by atoms with van der Waals surface area (Å²) in [6.07, 6.45) is 1.87. The second kappa shape index (κ2) is 4.38. The van der Waals surface area contributed by atoms with Gasteiger partial charge in [0.15, 0.2) is 0 Å². The molecule has 0 atom stereocenters. The first-order valence-electron chi connectivity index (χ1n) is 3.93. The van der Waals surface area contributed by atoms with Gasteiger partial charge in [-0.1, -0.05) is 26.1 Å². The van der Waals surface area contributed by atoms with Crippen molar-refractivity contribution in [2.45, 2.75) is 13.8 Å². The predicted octanol–water partition coefficient (Wildman–Crippen LogP) is 3.99. The molecule has 0 amide bonds. The van der Waals surface area contributed by atoms with E-state index in [9.17, 15) is 0 Å². The maximum absolute atomic E-state index is 5.06. The summed E-state index contributed by atoms with van der Waals surface area (Å²) in [5.41, 5.74) is 0. The zero-order valence-corrected chi connectivity index (χ0v) is 8.76. The highest BCUT2D eigenvalue weighted by molar-refractivity contribution is 7.71. The summed E-state index contributed by atoms with van der Waals surface area (Å²) in [6, 6.07) is 4.10. The van der Waals surface area contributed by atoms with Gasteiger partial charge in [0.05, 0.1) is 4.70 Å². The molecular weight excluding hydrogens is 186 g/mol. The predicted molar refractivity (Wildman–Crippen MR) is 58.4 cm³/mol. The number of hydrogen-bond donors (Lipinski definition) is 1. The molecule has 0 aromatic carbocycles. The number of thiophene rings is 1. The van der Waals surface area contributed by atoms with Crippen molar-refractivity contribution in [3.8, 4) is 0 Å². The first-order chi connectivity index (χ1) is 5.88. The Hall–Kier alpha value is -0.670. The minimum atomic E-state index is 0.840. The van der Waals surface area contributed by atoms with E-state index in [1.165, 1.54) is 10.1 Å². The van der Waals surface area contributed by atoms with Gasteiger partial charge in [-0.05, 0) is 22.9 Å². The van der Waals surface area contributed by atoms with Crippen LogP contribution in [0.1, 0.15) is 13.8 Å². The summed E-state index contributed by atoms with van der Waals surface area (Å²) in [6.45, 7) is 4.00. The van der Waals surface area contributed by atoms with E-state index in [-0.39, 0.29) is 0 Å². The van der Waals surface area contributed by atoms with Gasteiger partial charge in [0.1, 0.15) is 4.64 Å². The monoisotopic (exact) mass is 197 g/mol. The van der Waals surface area contributed by atoms with Crippen molar-refractivity contribution in [2.75, 3.05) is 0 Å². The van der Waals surface area contributed by atoms with E-state index in [1.807, 2.05) is 31.5 Å². The van der Waals surface area contributed by atoms with E-state index in [0.717, 1.165) is 4.64 Å². The second-order valence-corrected chi connectivity index (χ2v) is 3.34. The van der Waals surface area contributed by atoms with Crippen LogP contribution in [0.5, 0.6) is 0 Å². The molecule has 1 nitrogen and oxygen atoms in total. The Morgan fingerprint density at radius 2 is 2.08 bits per heavy atom. The lowest BCUT2D eigenvalue weighted by molar-refractivity contribution is 1.34. The van der Waals surface area contributed by atoms with E-state index >= 15 is 0 Å². The van der Waals surface area contributed by atoms with Crippen LogP contribution in [-0.2, 0) is 0 Å². The molecule has 2 aromatic rings. The van der Waals surface area contributed by atoms with Gasteiger partial charge in [0.25, 0.3) is 0 Å². The third-order valence-corrected chi connectivity index (χ3v) is 2.78. The van der Waals surface area contributed by atoms with Crippen LogP contribution in [-0.4, -0.2) is 4.98 Å². The number of H-pyrrole nitrogens is 1. The molecule has 0 fully saturated rings. The van der Waals surface area contributed by atoms with E-state index < -0.39 is 0 Å². The van der Waals surface area contributed by atoms with Gasteiger partial charge >= 0.3 is 0 Å². The maximum atomic E-state index is 5.06. The summed E-state index contributed by atoms with van der Waals surface area (Å²) in [4.78, 5) is 2.99. The summed E-state index contributed by atoms with van der Waals surface area (Å²) in [7, 11) is 0. The molecule has 64 valence electrons. The van der Waals surface area contributed by atoms with Crippen molar-refractivity contribution >= 4 is 33.6 Å². The van der Waals surface area contributed by atoms with Crippen molar-refractivity contribution in [3.63, 3.8) is 0 Å². The third kappa shape index (κ3) is 1.73. The van der Waals surface area contributed by atoms with Crippen LogP contribution in [0.2, 0.25) is 0 Å². The molecule has 0 bridgehead atoms. The summed E-state index contributed by atoms with van der Waals surface area (Å²) < 4.78 is 2.02. The normalized spacial score (nSPS) is 9.17. The molecule has 0 aliphatic carbocycles. The van der Waals surface area contributed by atoms with Crippen LogP contribution in [0.15, 0.2) is 23.7 Å². The number of hydrogen-bond acceptors (Lipinski definition) is 2. The van der Waals surface area contributed by atoms with Gasteiger partial charge in [0.2, 0.25) is 0 Å². The molecule has 2 rings (SSSR count). The number of nitrogens with one attached hydrogen (secondary N) is 1. The molecule has 0 spiro atoms. The second-order valence-electron chi connectivity index (χ2n) is 2.01. The zero-order chi connectivity index (χ0) is 8.97. The van der Waals surface area contributed by atoms with Gasteiger partial charge in [-0.15, -0.1) is 11.3 Å². The Morgan fingerprint density at radius 3 is 2.75 bits per heavy atom. The number of rotatable bonds is 0. The van der Waals surface area contributed by atoms with E-state index in [1.54, 1.807) is 11.3 Å². The van der Waals surface area contributed by atoms with Gasteiger partial charge in [-0.3, -0.25) is 0 Å². The van der Waals surface area contributed by atoms with Crippen molar-refractivity contribution in [1.29, 1.82) is 0 Å². The van der Waals surface area contributed by atoms with E-state index in [4.69, 9.17) is 12.2 Å². The highest BCUT2D eigenvalue weighted by Crippen LogP contribution is 2.19. The Balaban J connectivity index is 0.000000336. The summed E-state index contributed by atoms with van der Waals surface area (Å²) in [5, 5.41) is 3.28. The molecule has 0 aliphatic rings. The van der Waals surface area contributed by atoms with Gasteiger partial charge in [0, 0.05) is 6.20 Å². The average Bonchev–Trinajstić information content (AvgIpc) is 2.57. The molecule has 0 aliphatic heterocycles. The Morgan fingerprint density at radius 1 is 1.33 bits per heavy atom. The van der Waals surface area contributed by atoms with Gasteiger partial charge in [-0.25, -0.2) is 0 Å². The van der Waals surface area contributed by atoms with E-state index in [2.05, 4.69) is 11.1 Å². The highest BCUT2D eigenvalue weighted by Gasteiger charge is 1.92. The smallest absolute Gasteiger partial charge is 0.121 e. The fourth-order valence-electron chi connectivity index (χ4n) is 0.908. The number of fused-ring (bicyclic) bond motifs is 1. The number of aromatic amines is 1. The molecule has 12 heavy (non-hydrogen) atoms. The largest absolute Gasteiger partial charge is 0.352 e. The molecule has 3 heteroatoms. The minimum Gasteiger partial charge on any atom is -0.352 e. The van der Waals surface area contributed by atoms with Crippen molar-refractivity contribution in [1.82, 2.24) is 4.98 Å². The molecule has 2 heterocycles. The fraction of sp³-hybridized carbons (Fsp3) is 0.222. The lowest BCUT2D eigenvalue weighted by atomic mass is 10.3. The molecule has 1 N–H and O–H groups in total. The topological polar surface area (TPSA) is 15.8 Å². The Bertz CT molecular complexity index is 400. The summed E-state index contributed by atoms with van der Waals surface area (Å²) >= 11 is 6.74. The molecular formula is C9H11NS2. The van der Waals surface area contributed by atoms with Crippen LogP contribution >= 0.6 is 23.6 Å². The standard InChI is InChI=1S/C7H5NS2.C2H6/c9-7-6-5(1-3-8-7)2-4-10-6;1-2/h1-4H,(H,8,9);1-2H3. The molecule has 0 saturated heterocycles. The first-order valence-corrected chi connectivity index (χ1v) is 5.21. The van der Waals surface area contributed by atoms with Crippen LogP contribution in [0.25, 0.3) is 10.1 Å². The highest BCUT2D eigenvalue weighted by atomic mass is 32.1. The first kappa shape index (κ1) is 9.42. The van der Waals surface area contributed by atoms with Crippen molar-refractivity contribution in [3.05, 3.63) is 28.4 Å². The molecule has 0 unspecified atom stereocenters. The van der Waals surface area contributed by atoms with Crippen LogP contribution in [0.4, 0.5) is 0 Å². The fourth-order valence-corrected chi connectivity index (χ4v) is 2.03. The minimum absolute atomic E-state index is 0.840. The van der Waals surface area contributed by atoms with Crippen molar-refractivity contribution < 1.29 is 0 Å². The third-order valence-electron chi connectivity index (χ3n) is 1.38. The van der Waals surface area contributed by atoms with Gasteiger partial charge < -0.3 is 4.98 Å². The van der Waals surface area contributed by atoms with Crippen LogP contribution < -0.4 is 0 Å². The lowest BCUT2D eigenvalue weighted by Gasteiger charge is -1.85. The lowest BCUT2D eigenvalue weighted by Crippen LogP contribution is -1.69. The van der Waals surface area contributed by atoms with Crippen LogP contribution in [0.3, 0.4) is 0 Å².